The number of rotatable bonds is 5. The number of hydrogen-bond donors (Lipinski definition) is 1. The first-order valence-corrected chi connectivity index (χ1v) is 8.95. The molecule has 0 aliphatic carbocycles. The van der Waals surface area contributed by atoms with Crippen molar-refractivity contribution in [1.29, 1.82) is 5.26 Å². The fourth-order valence-corrected chi connectivity index (χ4v) is 3.17. The molecule has 1 heterocycles. The van der Waals surface area contributed by atoms with Gasteiger partial charge < -0.3 is 5.11 Å². The number of pyridine rings is 1. The minimum Gasteiger partial charge on any atom is -0.494 e. The second kappa shape index (κ2) is 7.93. The second-order valence-corrected chi connectivity index (χ2v) is 6.70. The van der Waals surface area contributed by atoms with Crippen LogP contribution < -0.4 is 5.56 Å². The predicted octanol–water partition coefficient (Wildman–Crippen LogP) is 3.52. The summed E-state index contributed by atoms with van der Waals surface area (Å²) < 4.78 is 1.11. The molecule has 5 nitrogen and oxygen atoms in total. The highest BCUT2D eigenvalue weighted by molar-refractivity contribution is 6.11. The molecule has 1 N–H and O–H groups in total. The summed E-state index contributed by atoms with van der Waals surface area (Å²) in [5, 5.41) is 20.2. The van der Waals surface area contributed by atoms with Crippen molar-refractivity contribution in [3.05, 3.63) is 98.3 Å². The molecular weight excluding hydrogens is 352 g/mol. The molecule has 0 atom stereocenters. The molecule has 3 rings (SSSR count). The van der Waals surface area contributed by atoms with E-state index in [1.165, 1.54) is 6.92 Å². The van der Waals surface area contributed by atoms with Gasteiger partial charge in [-0.15, -0.1) is 0 Å². The number of nitriles is 1. The van der Waals surface area contributed by atoms with Crippen LogP contribution in [0.25, 0.3) is 0 Å². The summed E-state index contributed by atoms with van der Waals surface area (Å²) in [6, 6.07) is 18.3. The highest BCUT2D eigenvalue weighted by Crippen LogP contribution is 2.25. The Labute approximate surface area is 163 Å². The molecule has 0 aliphatic heterocycles. The first-order valence-electron chi connectivity index (χ1n) is 8.95. The average molecular weight is 372 g/mol. The Morgan fingerprint density at radius 3 is 2.32 bits per heavy atom. The van der Waals surface area contributed by atoms with Gasteiger partial charge >= 0.3 is 0 Å². The van der Waals surface area contributed by atoms with Crippen LogP contribution in [0, 0.1) is 25.2 Å². The summed E-state index contributed by atoms with van der Waals surface area (Å²) in [5.41, 5.74) is 1.86. The fraction of sp³-hybridized carbons (Fsp3) is 0.174. The zero-order valence-electron chi connectivity index (χ0n) is 15.8. The average Bonchev–Trinajstić information content (AvgIpc) is 2.69. The van der Waals surface area contributed by atoms with Crippen LogP contribution in [0.15, 0.2) is 59.4 Å². The van der Waals surface area contributed by atoms with Crippen LogP contribution in [0.5, 0.6) is 5.88 Å². The fourth-order valence-electron chi connectivity index (χ4n) is 3.17. The van der Waals surface area contributed by atoms with Gasteiger partial charge in [-0.3, -0.25) is 14.2 Å². The lowest BCUT2D eigenvalue weighted by Gasteiger charge is -2.15. The number of aromatic hydroxyl groups is 1. The molecule has 140 valence electrons. The molecule has 1 aromatic heterocycles. The van der Waals surface area contributed by atoms with E-state index >= 15 is 0 Å². The van der Waals surface area contributed by atoms with Gasteiger partial charge in [0.1, 0.15) is 11.6 Å². The SMILES string of the molecule is Cc1ccc(C(=O)c2c(C)c(C#N)c(=O)n(CCc3ccccc3)c2O)cc1. The van der Waals surface area contributed by atoms with E-state index in [4.69, 9.17) is 0 Å². The Hall–Kier alpha value is -3.65. The Kier molecular flexibility index (Phi) is 5.42. The minimum absolute atomic E-state index is 0.00642. The molecule has 3 aromatic rings. The van der Waals surface area contributed by atoms with Crippen molar-refractivity contribution in [2.45, 2.75) is 26.8 Å². The highest BCUT2D eigenvalue weighted by atomic mass is 16.3. The summed E-state index contributed by atoms with van der Waals surface area (Å²) in [5.74, 6) is -0.817. The molecular formula is C23H20N2O3. The number of aryl methyl sites for hydroxylation is 2. The van der Waals surface area contributed by atoms with Crippen molar-refractivity contribution in [3.8, 4) is 11.9 Å². The Morgan fingerprint density at radius 1 is 1.07 bits per heavy atom. The van der Waals surface area contributed by atoms with Gasteiger partial charge in [0.25, 0.3) is 5.56 Å². The van der Waals surface area contributed by atoms with Gasteiger partial charge in [-0.1, -0.05) is 60.2 Å². The molecule has 0 radical (unpaired) electrons. The first kappa shape index (κ1) is 19.1. The smallest absolute Gasteiger partial charge is 0.271 e. The van der Waals surface area contributed by atoms with Crippen molar-refractivity contribution in [2.24, 2.45) is 0 Å². The van der Waals surface area contributed by atoms with Gasteiger partial charge in [-0.2, -0.15) is 5.26 Å². The third-order valence-corrected chi connectivity index (χ3v) is 4.81. The molecule has 0 amide bonds. The second-order valence-electron chi connectivity index (χ2n) is 6.70. The van der Waals surface area contributed by atoms with Crippen molar-refractivity contribution in [1.82, 2.24) is 4.57 Å². The molecule has 0 fully saturated rings. The van der Waals surface area contributed by atoms with Crippen molar-refractivity contribution in [2.75, 3.05) is 0 Å². The number of carbonyl (C=O) groups is 1. The van der Waals surface area contributed by atoms with E-state index in [0.29, 0.717) is 12.0 Å². The molecule has 5 heteroatoms. The molecule has 0 saturated heterocycles. The number of hydrogen-bond acceptors (Lipinski definition) is 4. The molecule has 2 aromatic carbocycles. The molecule has 0 saturated carbocycles. The zero-order chi connectivity index (χ0) is 20.3. The van der Waals surface area contributed by atoms with Gasteiger partial charge in [-0.25, -0.2) is 0 Å². The number of benzene rings is 2. The number of ketones is 1. The van der Waals surface area contributed by atoms with Gasteiger partial charge in [0, 0.05) is 12.1 Å². The van der Waals surface area contributed by atoms with E-state index < -0.39 is 17.2 Å². The van der Waals surface area contributed by atoms with Crippen molar-refractivity contribution >= 4 is 5.78 Å². The quantitative estimate of drug-likeness (QED) is 0.695. The topological polar surface area (TPSA) is 83.1 Å². The lowest BCUT2D eigenvalue weighted by atomic mass is 9.96. The third kappa shape index (κ3) is 3.58. The molecule has 0 aliphatic rings. The lowest BCUT2D eigenvalue weighted by molar-refractivity contribution is 0.103. The molecule has 0 bridgehead atoms. The lowest BCUT2D eigenvalue weighted by Crippen LogP contribution is -2.27. The van der Waals surface area contributed by atoms with Crippen LogP contribution in [-0.4, -0.2) is 15.5 Å². The summed E-state index contributed by atoms with van der Waals surface area (Å²) in [7, 11) is 0. The third-order valence-electron chi connectivity index (χ3n) is 4.81. The van der Waals surface area contributed by atoms with Crippen LogP contribution >= 0.6 is 0 Å². The van der Waals surface area contributed by atoms with E-state index in [0.717, 1.165) is 15.7 Å². The monoisotopic (exact) mass is 372 g/mol. The summed E-state index contributed by atoms with van der Waals surface area (Å²) >= 11 is 0. The Bertz CT molecular complexity index is 1120. The Balaban J connectivity index is 2.09. The first-order chi connectivity index (χ1) is 13.4. The number of aromatic nitrogens is 1. The van der Waals surface area contributed by atoms with Crippen molar-refractivity contribution < 1.29 is 9.90 Å². The zero-order valence-corrected chi connectivity index (χ0v) is 15.8. The summed E-state index contributed by atoms with van der Waals surface area (Å²) in [4.78, 5) is 25.7. The van der Waals surface area contributed by atoms with E-state index in [9.17, 15) is 20.0 Å². The van der Waals surface area contributed by atoms with E-state index in [2.05, 4.69) is 0 Å². The summed E-state index contributed by atoms with van der Waals surface area (Å²) in [6.07, 6.45) is 0.487. The van der Waals surface area contributed by atoms with Crippen LogP contribution in [0.3, 0.4) is 0 Å². The largest absolute Gasteiger partial charge is 0.494 e. The standard InChI is InChI=1S/C23H20N2O3/c1-15-8-10-18(11-9-15)21(26)20-16(2)19(14-24)22(27)25(23(20)28)13-12-17-6-4-3-5-7-17/h3-11,28H,12-13H2,1-2H3. The maximum absolute atomic E-state index is 13.0. The van der Waals surface area contributed by atoms with Gasteiger partial charge in [0.05, 0.1) is 5.56 Å². The van der Waals surface area contributed by atoms with Gasteiger partial charge in [-0.05, 0) is 31.4 Å². The Morgan fingerprint density at radius 2 is 1.71 bits per heavy atom. The normalized spacial score (nSPS) is 10.5. The number of carbonyl (C=O) groups excluding carboxylic acids is 1. The van der Waals surface area contributed by atoms with E-state index in [1.807, 2.05) is 43.3 Å². The maximum atomic E-state index is 13.0. The van der Waals surface area contributed by atoms with E-state index in [1.54, 1.807) is 24.3 Å². The molecule has 0 spiro atoms. The van der Waals surface area contributed by atoms with Crippen LogP contribution in [0.4, 0.5) is 0 Å². The van der Waals surface area contributed by atoms with Gasteiger partial charge in [0.2, 0.25) is 5.88 Å². The summed E-state index contributed by atoms with van der Waals surface area (Å²) in [6.45, 7) is 3.59. The number of nitrogens with zero attached hydrogens (tertiary/aromatic N) is 2. The predicted molar refractivity (Wildman–Crippen MR) is 107 cm³/mol. The molecule has 0 unspecified atom stereocenters. The van der Waals surface area contributed by atoms with E-state index in [-0.39, 0.29) is 23.2 Å². The minimum atomic E-state index is -0.589. The van der Waals surface area contributed by atoms with Crippen molar-refractivity contribution in [3.63, 3.8) is 0 Å². The maximum Gasteiger partial charge on any atom is 0.271 e. The molecule has 28 heavy (non-hydrogen) atoms. The highest BCUT2D eigenvalue weighted by Gasteiger charge is 2.24. The van der Waals surface area contributed by atoms with Gasteiger partial charge in [0.15, 0.2) is 5.78 Å². The van der Waals surface area contributed by atoms with Crippen LogP contribution in [0.2, 0.25) is 0 Å². The van der Waals surface area contributed by atoms with Crippen LogP contribution in [-0.2, 0) is 13.0 Å². The van der Waals surface area contributed by atoms with Crippen LogP contribution in [0.1, 0.15) is 38.2 Å².